The van der Waals surface area contributed by atoms with E-state index in [1.807, 2.05) is 22.4 Å². The van der Waals surface area contributed by atoms with Crippen LogP contribution in [0.1, 0.15) is 23.3 Å². The standard InChI is InChI=1S/C20H27N5O3S/c1-23-6-8-24(9-7-23)20(27)16-12-17(18-5-3-11-29-18)25(22-16)14-19(26)21-13-15-4-2-10-28-15/h3,5,11-12,15H,2,4,6-10,13-14H2,1H3,(H,21,26)/t15-/m0/s1. The summed E-state index contributed by atoms with van der Waals surface area (Å²) < 4.78 is 7.20. The number of carbonyl (C=O) groups is 2. The number of carbonyl (C=O) groups excluding carboxylic acids is 2. The highest BCUT2D eigenvalue weighted by molar-refractivity contribution is 7.13. The van der Waals surface area contributed by atoms with E-state index in [-0.39, 0.29) is 24.5 Å². The highest BCUT2D eigenvalue weighted by Crippen LogP contribution is 2.26. The molecule has 2 aliphatic rings. The summed E-state index contributed by atoms with van der Waals surface area (Å²) in [5, 5.41) is 9.41. The van der Waals surface area contributed by atoms with Gasteiger partial charge in [0.15, 0.2) is 5.69 Å². The number of piperazine rings is 1. The van der Waals surface area contributed by atoms with Crippen molar-refractivity contribution in [2.75, 3.05) is 46.4 Å². The number of ether oxygens (including phenoxy) is 1. The Morgan fingerprint density at radius 3 is 2.83 bits per heavy atom. The lowest BCUT2D eigenvalue weighted by Gasteiger charge is -2.31. The Bertz CT molecular complexity index is 836. The van der Waals surface area contributed by atoms with E-state index in [1.165, 1.54) is 0 Å². The first-order chi connectivity index (χ1) is 14.1. The predicted molar refractivity (Wildman–Crippen MR) is 111 cm³/mol. The summed E-state index contributed by atoms with van der Waals surface area (Å²) in [6.45, 7) is 4.46. The zero-order chi connectivity index (χ0) is 20.2. The second-order valence-electron chi connectivity index (χ2n) is 7.58. The summed E-state index contributed by atoms with van der Waals surface area (Å²) >= 11 is 1.57. The van der Waals surface area contributed by atoms with Crippen molar-refractivity contribution in [3.8, 4) is 10.6 Å². The lowest BCUT2D eigenvalue weighted by Crippen LogP contribution is -2.47. The summed E-state index contributed by atoms with van der Waals surface area (Å²) in [6, 6.07) is 5.74. The summed E-state index contributed by atoms with van der Waals surface area (Å²) in [5.74, 6) is -0.200. The van der Waals surface area contributed by atoms with Gasteiger partial charge in [-0.15, -0.1) is 11.3 Å². The van der Waals surface area contributed by atoms with Gasteiger partial charge in [0, 0.05) is 39.3 Å². The normalized spacial score (nSPS) is 20.2. The van der Waals surface area contributed by atoms with Crippen LogP contribution in [0, 0.1) is 0 Å². The second kappa shape index (κ2) is 9.06. The van der Waals surface area contributed by atoms with Crippen LogP contribution in [0.3, 0.4) is 0 Å². The Hall–Kier alpha value is -2.23. The van der Waals surface area contributed by atoms with E-state index in [4.69, 9.17) is 4.74 Å². The van der Waals surface area contributed by atoms with Gasteiger partial charge in [-0.25, -0.2) is 0 Å². The third-order valence-corrected chi connectivity index (χ3v) is 6.30. The smallest absolute Gasteiger partial charge is 0.274 e. The molecular weight excluding hydrogens is 390 g/mol. The molecule has 2 amide bonds. The van der Waals surface area contributed by atoms with Crippen LogP contribution in [0.2, 0.25) is 0 Å². The highest BCUT2D eigenvalue weighted by atomic mass is 32.1. The molecule has 4 heterocycles. The third-order valence-electron chi connectivity index (χ3n) is 5.41. The topological polar surface area (TPSA) is 79.7 Å². The Labute approximate surface area is 174 Å². The molecule has 1 atom stereocenters. The molecule has 0 unspecified atom stereocenters. The molecule has 0 saturated carbocycles. The number of nitrogens with zero attached hydrogens (tertiary/aromatic N) is 4. The van der Waals surface area contributed by atoms with Crippen molar-refractivity contribution in [1.29, 1.82) is 0 Å². The Morgan fingerprint density at radius 2 is 2.14 bits per heavy atom. The maximum atomic E-state index is 12.9. The van der Waals surface area contributed by atoms with Gasteiger partial charge in [0.1, 0.15) is 6.54 Å². The lowest BCUT2D eigenvalue weighted by atomic mass is 10.2. The number of likely N-dealkylation sites (N-methyl/N-ethyl adjacent to an activating group) is 1. The van der Waals surface area contributed by atoms with E-state index >= 15 is 0 Å². The van der Waals surface area contributed by atoms with Crippen molar-refractivity contribution in [3.05, 3.63) is 29.3 Å². The van der Waals surface area contributed by atoms with Gasteiger partial charge in [0.05, 0.1) is 16.7 Å². The van der Waals surface area contributed by atoms with Crippen LogP contribution in [-0.2, 0) is 16.1 Å². The fourth-order valence-electron chi connectivity index (χ4n) is 3.66. The van der Waals surface area contributed by atoms with Crippen LogP contribution in [0.4, 0.5) is 0 Å². The van der Waals surface area contributed by atoms with E-state index < -0.39 is 0 Å². The summed E-state index contributed by atoms with van der Waals surface area (Å²) in [7, 11) is 2.06. The molecule has 0 radical (unpaired) electrons. The SMILES string of the molecule is CN1CCN(C(=O)c2cc(-c3cccs3)n(CC(=O)NC[C@@H]3CCCO3)n2)CC1. The number of aromatic nitrogens is 2. The molecule has 9 heteroatoms. The summed E-state index contributed by atoms with van der Waals surface area (Å²) in [6.07, 6.45) is 2.12. The first-order valence-corrected chi connectivity index (χ1v) is 11.0. The van der Waals surface area contributed by atoms with Gasteiger partial charge in [0.2, 0.25) is 5.91 Å². The molecule has 0 aliphatic carbocycles. The minimum absolute atomic E-state index is 0.0746. The van der Waals surface area contributed by atoms with E-state index in [0.29, 0.717) is 25.3 Å². The van der Waals surface area contributed by atoms with Crippen molar-refractivity contribution in [2.45, 2.75) is 25.5 Å². The highest BCUT2D eigenvalue weighted by Gasteiger charge is 2.25. The molecule has 2 aliphatic heterocycles. The molecule has 29 heavy (non-hydrogen) atoms. The molecule has 8 nitrogen and oxygen atoms in total. The zero-order valence-corrected chi connectivity index (χ0v) is 17.5. The van der Waals surface area contributed by atoms with Crippen LogP contribution in [0.15, 0.2) is 23.6 Å². The minimum Gasteiger partial charge on any atom is -0.376 e. The van der Waals surface area contributed by atoms with Gasteiger partial charge >= 0.3 is 0 Å². The van der Waals surface area contributed by atoms with Crippen LogP contribution < -0.4 is 5.32 Å². The molecule has 2 saturated heterocycles. The molecule has 0 bridgehead atoms. The Balaban J connectivity index is 1.47. The van der Waals surface area contributed by atoms with Crippen molar-refractivity contribution in [3.63, 3.8) is 0 Å². The first kappa shape index (κ1) is 20.1. The zero-order valence-electron chi connectivity index (χ0n) is 16.7. The number of thiophene rings is 1. The van der Waals surface area contributed by atoms with Crippen LogP contribution >= 0.6 is 11.3 Å². The van der Waals surface area contributed by atoms with Gasteiger partial charge in [0.25, 0.3) is 5.91 Å². The van der Waals surface area contributed by atoms with Crippen molar-refractivity contribution in [2.24, 2.45) is 0 Å². The summed E-state index contributed by atoms with van der Waals surface area (Å²) in [5.41, 5.74) is 1.19. The molecular formula is C20H27N5O3S. The molecule has 0 spiro atoms. The maximum absolute atomic E-state index is 12.9. The lowest BCUT2D eigenvalue weighted by molar-refractivity contribution is -0.122. The molecule has 1 N–H and O–H groups in total. The Kier molecular flexibility index (Phi) is 6.27. The quantitative estimate of drug-likeness (QED) is 0.766. The van der Waals surface area contributed by atoms with Gasteiger partial charge in [-0.3, -0.25) is 14.3 Å². The van der Waals surface area contributed by atoms with Crippen LogP contribution in [-0.4, -0.2) is 83.9 Å². The largest absolute Gasteiger partial charge is 0.376 e. The summed E-state index contributed by atoms with van der Waals surface area (Å²) in [4.78, 5) is 30.5. The van der Waals surface area contributed by atoms with Gasteiger partial charge in [-0.1, -0.05) is 6.07 Å². The van der Waals surface area contributed by atoms with E-state index in [2.05, 4.69) is 22.4 Å². The van der Waals surface area contributed by atoms with Gasteiger partial charge < -0.3 is 19.9 Å². The number of amides is 2. The minimum atomic E-state index is -0.125. The second-order valence-corrected chi connectivity index (χ2v) is 8.53. The van der Waals surface area contributed by atoms with E-state index in [9.17, 15) is 9.59 Å². The molecule has 4 rings (SSSR count). The molecule has 2 aromatic rings. The number of hydrogen-bond acceptors (Lipinski definition) is 6. The first-order valence-electron chi connectivity index (χ1n) is 10.1. The van der Waals surface area contributed by atoms with Gasteiger partial charge in [-0.2, -0.15) is 5.10 Å². The predicted octanol–water partition coefficient (Wildman–Crippen LogP) is 1.29. The fourth-order valence-corrected chi connectivity index (χ4v) is 4.41. The van der Waals surface area contributed by atoms with Crippen LogP contribution in [0.5, 0.6) is 0 Å². The van der Waals surface area contributed by atoms with E-state index in [0.717, 1.165) is 43.1 Å². The molecule has 0 aromatic carbocycles. The van der Waals surface area contributed by atoms with Crippen molar-refractivity contribution < 1.29 is 14.3 Å². The average Bonchev–Trinajstić information content (AvgIpc) is 3.47. The number of rotatable bonds is 6. The molecule has 2 fully saturated rings. The van der Waals surface area contributed by atoms with Crippen molar-refractivity contribution >= 4 is 23.2 Å². The van der Waals surface area contributed by atoms with E-state index in [1.54, 1.807) is 22.1 Å². The fraction of sp³-hybridized carbons (Fsp3) is 0.550. The Morgan fingerprint density at radius 1 is 1.31 bits per heavy atom. The third kappa shape index (κ3) is 4.85. The number of nitrogens with one attached hydrogen (secondary N) is 1. The van der Waals surface area contributed by atoms with Crippen molar-refractivity contribution in [1.82, 2.24) is 24.9 Å². The van der Waals surface area contributed by atoms with Gasteiger partial charge in [-0.05, 0) is 37.4 Å². The average molecular weight is 418 g/mol. The number of hydrogen-bond donors (Lipinski definition) is 1. The van der Waals surface area contributed by atoms with Crippen LogP contribution in [0.25, 0.3) is 10.6 Å². The molecule has 156 valence electrons. The monoisotopic (exact) mass is 417 g/mol. The maximum Gasteiger partial charge on any atom is 0.274 e. The molecule has 2 aromatic heterocycles.